The molecule has 0 saturated heterocycles. The lowest BCUT2D eigenvalue weighted by molar-refractivity contribution is 0.0762. The van der Waals surface area contributed by atoms with Gasteiger partial charge in [0.25, 0.3) is 0 Å². The average Bonchev–Trinajstić information content (AvgIpc) is 2.70. The summed E-state index contributed by atoms with van der Waals surface area (Å²) in [6.45, 7) is 7.46. The van der Waals surface area contributed by atoms with Crippen molar-refractivity contribution in [2.24, 2.45) is 28.6 Å². The maximum atomic E-state index is 2.55. The van der Waals surface area contributed by atoms with Crippen LogP contribution in [-0.2, 0) is 0 Å². The molecule has 5 unspecified atom stereocenters. The molecule has 0 amide bonds. The van der Waals surface area contributed by atoms with E-state index in [-0.39, 0.29) is 0 Å². The van der Waals surface area contributed by atoms with Gasteiger partial charge in [0, 0.05) is 0 Å². The zero-order chi connectivity index (χ0) is 9.97. The van der Waals surface area contributed by atoms with Gasteiger partial charge in [-0.2, -0.15) is 0 Å². The fourth-order valence-electron chi connectivity index (χ4n) is 5.15. The summed E-state index contributed by atoms with van der Waals surface area (Å²) in [6.07, 6.45) is 11.0. The van der Waals surface area contributed by atoms with Crippen molar-refractivity contribution in [1.29, 1.82) is 0 Å². The van der Waals surface area contributed by atoms with Crippen LogP contribution in [0.3, 0.4) is 0 Å². The fraction of sp³-hybridized carbons (Fsp3) is 0.857. The Hall–Kier alpha value is -0.260. The topological polar surface area (TPSA) is 0 Å². The molecule has 0 aromatic carbocycles. The van der Waals surface area contributed by atoms with Gasteiger partial charge in [0.2, 0.25) is 0 Å². The summed E-state index contributed by atoms with van der Waals surface area (Å²) >= 11 is 0. The second-order valence-electron chi connectivity index (χ2n) is 6.27. The van der Waals surface area contributed by atoms with Gasteiger partial charge in [0.15, 0.2) is 0 Å². The van der Waals surface area contributed by atoms with Gasteiger partial charge in [0.1, 0.15) is 0 Å². The smallest absolute Gasteiger partial charge is 0.00816 e. The Morgan fingerprint density at radius 3 is 2.71 bits per heavy atom. The maximum absolute atomic E-state index is 2.55. The van der Waals surface area contributed by atoms with Crippen LogP contribution >= 0.6 is 0 Å². The van der Waals surface area contributed by atoms with E-state index in [0.717, 1.165) is 17.8 Å². The molecule has 78 valence electrons. The number of allylic oxidation sites excluding steroid dienone is 2. The molecule has 0 heterocycles. The molecule has 0 radical (unpaired) electrons. The lowest BCUT2D eigenvalue weighted by Gasteiger charge is -2.42. The molecule has 0 N–H and O–H groups in total. The third kappa shape index (κ3) is 0.741. The van der Waals surface area contributed by atoms with Gasteiger partial charge in [0.05, 0.1) is 0 Å². The van der Waals surface area contributed by atoms with Crippen molar-refractivity contribution >= 4 is 0 Å². The van der Waals surface area contributed by atoms with Crippen LogP contribution in [0.25, 0.3) is 0 Å². The lowest BCUT2D eigenvalue weighted by Crippen LogP contribution is -2.37. The maximum Gasteiger partial charge on any atom is -0.00816 e. The molecule has 0 heteroatoms. The van der Waals surface area contributed by atoms with Gasteiger partial charge < -0.3 is 0 Å². The molecule has 0 aromatic rings. The Kier molecular flexibility index (Phi) is 1.58. The van der Waals surface area contributed by atoms with Gasteiger partial charge in [-0.3, -0.25) is 0 Å². The van der Waals surface area contributed by atoms with Crippen molar-refractivity contribution in [3.05, 3.63) is 12.2 Å². The van der Waals surface area contributed by atoms with Crippen LogP contribution in [-0.4, -0.2) is 0 Å². The molecule has 0 aliphatic heterocycles. The SMILES string of the molecule is CC1CCC23C(C)C=CC2(C)CCC13. The van der Waals surface area contributed by atoms with E-state index in [1.54, 1.807) is 0 Å². The number of rotatable bonds is 0. The van der Waals surface area contributed by atoms with Crippen molar-refractivity contribution in [2.45, 2.75) is 46.5 Å². The minimum atomic E-state index is 0.557. The van der Waals surface area contributed by atoms with E-state index in [1.807, 2.05) is 0 Å². The Bertz CT molecular complexity index is 290. The van der Waals surface area contributed by atoms with Crippen LogP contribution in [0.15, 0.2) is 12.2 Å². The Labute approximate surface area is 87.8 Å². The van der Waals surface area contributed by atoms with Gasteiger partial charge in [-0.1, -0.05) is 32.9 Å². The molecule has 0 nitrogen and oxygen atoms in total. The highest BCUT2D eigenvalue weighted by atomic mass is 14.7. The van der Waals surface area contributed by atoms with Crippen molar-refractivity contribution in [2.75, 3.05) is 0 Å². The van der Waals surface area contributed by atoms with E-state index in [9.17, 15) is 0 Å². The third-order valence-electron chi connectivity index (χ3n) is 5.97. The lowest BCUT2D eigenvalue weighted by atomic mass is 9.62. The van der Waals surface area contributed by atoms with Gasteiger partial charge in [-0.15, -0.1) is 0 Å². The predicted molar refractivity (Wildman–Crippen MR) is 60.0 cm³/mol. The van der Waals surface area contributed by atoms with E-state index >= 15 is 0 Å². The Balaban J connectivity index is 2.09. The quantitative estimate of drug-likeness (QED) is 0.506. The van der Waals surface area contributed by atoms with E-state index in [1.165, 1.54) is 25.7 Å². The molecular formula is C14H22. The minimum absolute atomic E-state index is 0.557. The molecule has 3 rings (SSSR count). The first-order valence-electron chi connectivity index (χ1n) is 6.29. The Morgan fingerprint density at radius 1 is 1.14 bits per heavy atom. The zero-order valence-electron chi connectivity index (χ0n) is 9.72. The molecule has 0 bridgehead atoms. The summed E-state index contributed by atoms with van der Waals surface area (Å²) in [5.74, 6) is 2.85. The van der Waals surface area contributed by atoms with Crippen molar-refractivity contribution in [3.63, 3.8) is 0 Å². The standard InChI is InChI=1S/C14H22/c1-10-4-9-14-11(2)5-7-13(14,3)8-6-12(10)14/h5,7,10-12H,4,6,8-9H2,1-3H3. The van der Waals surface area contributed by atoms with Gasteiger partial charge in [-0.25, -0.2) is 0 Å². The second-order valence-corrected chi connectivity index (χ2v) is 6.27. The van der Waals surface area contributed by atoms with Gasteiger partial charge >= 0.3 is 0 Å². The Morgan fingerprint density at radius 2 is 1.93 bits per heavy atom. The summed E-state index contributed by atoms with van der Waals surface area (Å²) in [4.78, 5) is 0. The summed E-state index contributed by atoms with van der Waals surface area (Å²) in [5.41, 5.74) is 1.23. The van der Waals surface area contributed by atoms with E-state index in [4.69, 9.17) is 0 Å². The second kappa shape index (κ2) is 2.46. The zero-order valence-corrected chi connectivity index (χ0v) is 9.72. The first kappa shape index (κ1) is 9.00. The molecule has 2 fully saturated rings. The van der Waals surface area contributed by atoms with Crippen LogP contribution in [0.5, 0.6) is 0 Å². The number of hydrogen-bond donors (Lipinski definition) is 0. The van der Waals surface area contributed by atoms with Crippen LogP contribution in [0.2, 0.25) is 0 Å². The molecule has 3 aliphatic carbocycles. The molecule has 1 spiro atoms. The normalized spacial score (nSPS) is 60.4. The van der Waals surface area contributed by atoms with E-state index in [0.29, 0.717) is 10.8 Å². The van der Waals surface area contributed by atoms with Crippen LogP contribution < -0.4 is 0 Å². The van der Waals surface area contributed by atoms with Crippen molar-refractivity contribution in [1.82, 2.24) is 0 Å². The summed E-state index contributed by atoms with van der Waals surface area (Å²) in [5, 5.41) is 0. The third-order valence-corrected chi connectivity index (χ3v) is 5.97. The summed E-state index contributed by atoms with van der Waals surface area (Å²) < 4.78 is 0. The largest absolute Gasteiger partial charge is 0.0845 e. The fourth-order valence-corrected chi connectivity index (χ4v) is 5.15. The van der Waals surface area contributed by atoms with Crippen LogP contribution in [0.4, 0.5) is 0 Å². The first-order chi connectivity index (χ1) is 6.60. The molecule has 0 aromatic heterocycles. The van der Waals surface area contributed by atoms with E-state index < -0.39 is 0 Å². The highest BCUT2D eigenvalue weighted by Crippen LogP contribution is 2.71. The van der Waals surface area contributed by atoms with Crippen LogP contribution in [0.1, 0.15) is 46.5 Å². The molecule has 5 atom stereocenters. The molecule has 2 saturated carbocycles. The van der Waals surface area contributed by atoms with Crippen molar-refractivity contribution in [3.8, 4) is 0 Å². The van der Waals surface area contributed by atoms with Crippen molar-refractivity contribution < 1.29 is 0 Å². The van der Waals surface area contributed by atoms with Gasteiger partial charge in [-0.05, 0) is 54.3 Å². The minimum Gasteiger partial charge on any atom is -0.0845 e. The number of hydrogen-bond acceptors (Lipinski definition) is 0. The summed E-state index contributed by atoms with van der Waals surface area (Å²) in [6, 6.07) is 0. The molecule has 14 heavy (non-hydrogen) atoms. The highest BCUT2D eigenvalue weighted by Gasteiger charge is 2.63. The van der Waals surface area contributed by atoms with Crippen LogP contribution in [0, 0.1) is 28.6 Å². The molecular weight excluding hydrogens is 168 g/mol. The first-order valence-corrected chi connectivity index (χ1v) is 6.29. The van der Waals surface area contributed by atoms with E-state index in [2.05, 4.69) is 32.9 Å². The monoisotopic (exact) mass is 190 g/mol. The molecule has 3 aliphatic rings. The predicted octanol–water partition coefficient (Wildman–Crippen LogP) is 4.02. The summed E-state index contributed by atoms with van der Waals surface area (Å²) in [7, 11) is 0. The average molecular weight is 190 g/mol. The highest BCUT2D eigenvalue weighted by molar-refractivity contribution is 5.26.